The summed E-state index contributed by atoms with van der Waals surface area (Å²) < 4.78 is 0. The minimum atomic E-state index is -0.701. The van der Waals surface area contributed by atoms with Crippen LogP contribution >= 0.6 is 0 Å². The molecule has 1 aromatic carbocycles. The monoisotopic (exact) mass is 359 g/mol. The molecule has 1 unspecified atom stereocenters. The number of hydrogen-bond acceptors (Lipinski definition) is 4. The zero-order valence-electron chi connectivity index (χ0n) is 15.9. The highest BCUT2D eigenvalue weighted by atomic mass is 16.3. The number of Topliss-reactive ketones (excluding diaryl/α,β-unsaturated/α-hetero) is 1. The smallest absolute Gasteiger partial charge is 0.184 e. The van der Waals surface area contributed by atoms with Gasteiger partial charge in [-0.2, -0.15) is 0 Å². The van der Waals surface area contributed by atoms with Crippen molar-refractivity contribution in [1.29, 1.82) is 0 Å². The van der Waals surface area contributed by atoms with Crippen molar-refractivity contribution >= 4 is 23.0 Å². The van der Waals surface area contributed by atoms with Gasteiger partial charge in [-0.1, -0.05) is 11.1 Å². The number of fused-ring (bicyclic) bond motifs is 4. The Kier molecular flexibility index (Phi) is 3.70. The van der Waals surface area contributed by atoms with Crippen LogP contribution < -0.4 is 0 Å². The summed E-state index contributed by atoms with van der Waals surface area (Å²) in [5.74, 6) is 0.0849. The Morgan fingerprint density at radius 2 is 1.78 bits per heavy atom. The molecule has 0 fully saturated rings. The van der Waals surface area contributed by atoms with Crippen LogP contribution in [0.2, 0.25) is 0 Å². The normalized spacial score (nSPS) is 24.6. The third-order valence-electron chi connectivity index (χ3n) is 6.16. The second kappa shape index (κ2) is 5.74. The predicted molar refractivity (Wildman–Crippen MR) is 105 cm³/mol. The molecule has 0 bridgehead atoms. The van der Waals surface area contributed by atoms with E-state index in [-0.39, 0.29) is 17.3 Å². The molecule has 0 saturated carbocycles. The number of phenolic OH excluding ortho intramolecular Hbond substituents is 1. The van der Waals surface area contributed by atoms with Gasteiger partial charge in [0.25, 0.3) is 0 Å². The average molecular weight is 359 g/mol. The van der Waals surface area contributed by atoms with Gasteiger partial charge in [-0.3, -0.25) is 9.59 Å². The molecule has 4 rings (SSSR count). The number of hydrogen-bond donors (Lipinski definition) is 1. The third-order valence-corrected chi connectivity index (χ3v) is 6.16. The van der Waals surface area contributed by atoms with E-state index in [0.717, 1.165) is 39.3 Å². The van der Waals surface area contributed by atoms with Crippen molar-refractivity contribution in [2.75, 3.05) is 0 Å². The van der Waals surface area contributed by atoms with E-state index in [1.165, 1.54) is 6.08 Å². The fourth-order valence-electron chi connectivity index (χ4n) is 4.42. The van der Waals surface area contributed by atoms with Gasteiger partial charge in [0, 0.05) is 5.41 Å². The van der Waals surface area contributed by atoms with Crippen molar-refractivity contribution < 1.29 is 14.7 Å². The van der Waals surface area contributed by atoms with Gasteiger partial charge in [0.15, 0.2) is 11.6 Å². The molecule has 27 heavy (non-hydrogen) atoms. The average Bonchev–Trinajstić information content (AvgIpc) is 2.70. The molecule has 0 saturated heterocycles. The van der Waals surface area contributed by atoms with Gasteiger partial charge in [0.2, 0.25) is 0 Å². The molecule has 1 aromatic rings. The topological polar surface area (TPSA) is 66.7 Å². The molecular weight excluding hydrogens is 338 g/mol. The van der Waals surface area contributed by atoms with Crippen LogP contribution in [0.15, 0.2) is 69.3 Å². The van der Waals surface area contributed by atoms with Gasteiger partial charge in [-0.25, -0.2) is 4.99 Å². The lowest BCUT2D eigenvalue weighted by Crippen LogP contribution is -2.38. The first kappa shape index (κ1) is 17.4. The Hall–Kier alpha value is -3.01. The number of phenols is 1. The largest absolute Gasteiger partial charge is 0.508 e. The SMILES string of the molecule is CC1=C(C)C(=O)C(C)=C(C)C2(C1)C1=CC(=O)C=CC1=Nc1ccc(O)cc12. The van der Waals surface area contributed by atoms with E-state index in [1.54, 1.807) is 30.4 Å². The van der Waals surface area contributed by atoms with Gasteiger partial charge < -0.3 is 5.11 Å². The molecule has 0 radical (unpaired) electrons. The van der Waals surface area contributed by atoms with E-state index in [1.807, 2.05) is 27.7 Å². The first-order valence-corrected chi connectivity index (χ1v) is 9.01. The summed E-state index contributed by atoms with van der Waals surface area (Å²) in [6, 6.07) is 5.13. The summed E-state index contributed by atoms with van der Waals surface area (Å²) in [5.41, 5.74) is 5.73. The molecule has 0 aromatic heterocycles. The fourth-order valence-corrected chi connectivity index (χ4v) is 4.42. The van der Waals surface area contributed by atoms with E-state index >= 15 is 0 Å². The molecule has 1 spiro atoms. The van der Waals surface area contributed by atoms with Crippen molar-refractivity contribution in [3.63, 3.8) is 0 Å². The number of benzene rings is 1. The van der Waals surface area contributed by atoms with Crippen LogP contribution in [-0.2, 0) is 15.0 Å². The Bertz CT molecular complexity index is 1080. The molecule has 4 nitrogen and oxygen atoms in total. The van der Waals surface area contributed by atoms with Crippen LogP contribution in [0, 0.1) is 0 Å². The Labute approximate surface area is 158 Å². The standard InChI is InChI=1S/C23H21NO3/c1-12-11-23(15(4)14(3)22(27)13(12)2)18-9-16(25)5-7-20(18)24-21-8-6-17(26)10-19(21)23/h5-10,25H,11H2,1-4H3. The quantitative estimate of drug-likeness (QED) is 0.697. The second-order valence-corrected chi connectivity index (χ2v) is 7.56. The zero-order chi connectivity index (χ0) is 19.5. The molecule has 1 heterocycles. The van der Waals surface area contributed by atoms with Gasteiger partial charge >= 0.3 is 0 Å². The van der Waals surface area contributed by atoms with Crippen molar-refractivity contribution in [3.05, 3.63) is 69.9 Å². The summed E-state index contributed by atoms with van der Waals surface area (Å²) in [5, 5.41) is 10.2. The Morgan fingerprint density at radius 3 is 2.52 bits per heavy atom. The van der Waals surface area contributed by atoms with Gasteiger partial charge in [-0.05, 0) is 92.8 Å². The summed E-state index contributed by atoms with van der Waals surface area (Å²) in [6.07, 6.45) is 5.46. The summed E-state index contributed by atoms with van der Waals surface area (Å²) >= 11 is 0. The summed E-state index contributed by atoms with van der Waals surface area (Å²) in [7, 11) is 0. The van der Waals surface area contributed by atoms with Crippen LogP contribution in [0.1, 0.15) is 39.7 Å². The predicted octanol–water partition coefficient (Wildman–Crippen LogP) is 4.43. The molecule has 3 aliphatic rings. The summed E-state index contributed by atoms with van der Waals surface area (Å²) in [4.78, 5) is 29.9. The van der Waals surface area contributed by atoms with Crippen molar-refractivity contribution in [3.8, 4) is 5.75 Å². The molecule has 0 amide bonds. The number of aliphatic imine (C=N–C) groups is 1. The molecular formula is C23H21NO3. The van der Waals surface area contributed by atoms with Crippen molar-refractivity contribution in [2.45, 2.75) is 39.5 Å². The Morgan fingerprint density at radius 1 is 1.04 bits per heavy atom. The molecule has 1 atom stereocenters. The highest BCUT2D eigenvalue weighted by Crippen LogP contribution is 2.54. The highest BCUT2D eigenvalue weighted by Gasteiger charge is 2.47. The number of ketones is 2. The number of allylic oxidation sites excluding steroid dienone is 8. The van der Waals surface area contributed by atoms with E-state index in [0.29, 0.717) is 12.0 Å². The minimum Gasteiger partial charge on any atom is -0.508 e. The van der Waals surface area contributed by atoms with Gasteiger partial charge in [0.1, 0.15) is 5.75 Å². The number of carbonyl (C=O) groups excluding carboxylic acids is 2. The maximum Gasteiger partial charge on any atom is 0.184 e. The maximum atomic E-state index is 12.9. The molecule has 1 N–H and O–H groups in total. The number of carbonyl (C=O) groups is 2. The van der Waals surface area contributed by atoms with Crippen LogP contribution in [0.4, 0.5) is 5.69 Å². The van der Waals surface area contributed by atoms with Gasteiger partial charge in [-0.15, -0.1) is 0 Å². The number of aromatic hydroxyl groups is 1. The second-order valence-electron chi connectivity index (χ2n) is 7.56. The number of rotatable bonds is 0. The van der Waals surface area contributed by atoms with Crippen LogP contribution in [0.25, 0.3) is 0 Å². The Balaban J connectivity index is 2.16. The van der Waals surface area contributed by atoms with E-state index in [9.17, 15) is 14.7 Å². The summed E-state index contributed by atoms with van der Waals surface area (Å²) in [6.45, 7) is 7.63. The first-order chi connectivity index (χ1) is 12.8. The van der Waals surface area contributed by atoms with Gasteiger partial charge in [0.05, 0.1) is 11.4 Å². The minimum absolute atomic E-state index is 0.0333. The highest BCUT2D eigenvalue weighted by molar-refractivity contribution is 6.23. The lowest BCUT2D eigenvalue weighted by atomic mass is 9.61. The van der Waals surface area contributed by atoms with E-state index in [2.05, 4.69) is 0 Å². The van der Waals surface area contributed by atoms with E-state index in [4.69, 9.17) is 4.99 Å². The maximum absolute atomic E-state index is 12.9. The lowest BCUT2D eigenvalue weighted by molar-refractivity contribution is -0.112. The first-order valence-electron chi connectivity index (χ1n) is 9.01. The van der Waals surface area contributed by atoms with Crippen molar-refractivity contribution in [1.82, 2.24) is 0 Å². The lowest BCUT2D eigenvalue weighted by Gasteiger charge is -2.42. The molecule has 4 heteroatoms. The van der Waals surface area contributed by atoms with Crippen LogP contribution in [0.3, 0.4) is 0 Å². The fraction of sp³-hybridized carbons (Fsp3) is 0.261. The number of nitrogens with zero attached hydrogens (tertiary/aromatic N) is 1. The third kappa shape index (κ3) is 2.33. The zero-order valence-corrected chi connectivity index (χ0v) is 15.9. The van der Waals surface area contributed by atoms with E-state index < -0.39 is 5.41 Å². The van der Waals surface area contributed by atoms with Crippen molar-refractivity contribution in [2.24, 2.45) is 4.99 Å². The molecule has 136 valence electrons. The molecule has 2 aliphatic carbocycles. The van der Waals surface area contributed by atoms with Crippen LogP contribution in [-0.4, -0.2) is 22.4 Å². The van der Waals surface area contributed by atoms with Crippen LogP contribution in [0.5, 0.6) is 5.75 Å². The molecule has 1 aliphatic heterocycles.